The molecule has 0 aliphatic heterocycles. The molecule has 1 rings (SSSR count). The molecule has 1 atom stereocenters. The van der Waals surface area contributed by atoms with Crippen LogP contribution in [0.3, 0.4) is 0 Å². The van der Waals surface area contributed by atoms with Crippen molar-refractivity contribution >= 4 is 12.6 Å². The van der Waals surface area contributed by atoms with Crippen molar-refractivity contribution in [3.63, 3.8) is 0 Å². The van der Waals surface area contributed by atoms with E-state index < -0.39 is 0 Å². The Kier molecular flexibility index (Phi) is 7.50. The van der Waals surface area contributed by atoms with Crippen molar-refractivity contribution in [1.29, 1.82) is 0 Å². The Balaban J connectivity index is 2.19. The van der Waals surface area contributed by atoms with Gasteiger partial charge in [0, 0.05) is 19.7 Å². The first kappa shape index (κ1) is 14.3. The fraction of sp³-hybridized carbons (Fsp3) is 1.00. The van der Waals surface area contributed by atoms with Crippen molar-refractivity contribution in [2.24, 2.45) is 5.92 Å². The maximum atomic E-state index is 5.20. The molecule has 0 N–H and O–H groups in total. The average molecular weight is 245 g/mol. The summed E-state index contributed by atoms with van der Waals surface area (Å²) >= 11 is 4.25. The number of thiol groups is 1. The van der Waals surface area contributed by atoms with Gasteiger partial charge in [0.2, 0.25) is 0 Å². The first-order chi connectivity index (χ1) is 7.79. The van der Waals surface area contributed by atoms with E-state index in [1.54, 1.807) is 7.11 Å². The molecule has 0 aromatic rings. The molecule has 0 saturated heterocycles. The highest BCUT2D eigenvalue weighted by atomic mass is 32.1. The molecule has 3 heteroatoms. The Bertz CT molecular complexity index is 173. The van der Waals surface area contributed by atoms with Gasteiger partial charge in [-0.2, -0.15) is 12.6 Å². The van der Waals surface area contributed by atoms with Gasteiger partial charge < -0.3 is 4.74 Å². The van der Waals surface area contributed by atoms with Crippen molar-refractivity contribution in [1.82, 2.24) is 4.90 Å². The number of unbranched alkanes of at least 4 members (excludes halogenated alkanes) is 2. The Morgan fingerprint density at radius 2 is 2.00 bits per heavy atom. The molecule has 1 unspecified atom stereocenters. The zero-order valence-electron chi connectivity index (χ0n) is 10.8. The number of ether oxygens (including phenoxy) is 1. The zero-order chi connectivity index (χ0) is 11.8. The standard InChI is InChI=1S/C13H27NOS/c1-12(13-6-7-13)14(9-10-15-2)8-4-3-5-11-16/h12-13,16H,3-11H2,1-2H3. The van der Waals surface area contributed by atoms with Gasteiger partial charge in [-0.3, -0.25) is 4.90 Å². The molecule has 0 aromatic heterocycles. The van der Waals surface area contributed by atoms with Gasteiger partial charge in [-0.1, -0.05) is 6.42 Å². The topological polar surface area (TPSA) is 12.5 Å². The summed E-state index contributed by atoms with van der Waals surface area (Å²) in [5, 5.41) is 0. The van der Waals surface area contributed by atoms with Crippen LogP contribution in [-0.2, 0) is 4.74 Å². The van der Waals surface area contributed by atoms with Gasteiger partial charge in [-0.15, -0.1) is 0 Å². The lowest BCUT2D eigenvalue weighted by molar-refractivity contribution is 0.115. The van der Waals surface area contributed by atoms with Crippen molar-refractivity contribution in [3.8, 4) is 0 Å². The largest absolute Gasteiger partial charge is 0.383 e. The molecule has 0 heterocycles. The summed E-state index contributed by atoms with van der Waals surface area (Å²) in [6.07, 6.45) is 6.73. The Hall–Kier alpha value is 0.270. The molecule has 0 spiro atoms. The summed E-state index contributed by atoms with van der Waals surface area (Å²) in [4.78, 5) is 2.61. The summed E-state index contributed by atoms with van der Waals surface area (Å²) in [5.41, 5.74) is 0. The highest BCUT2D eigenvalue weighted by molar-refractivity contribution is 7.80. The van der Waals surface area contributed by atoms with Crippen LogP contribution in [0.2, 0.25) is 0 Å². The van der Waals surface area contributed by atoms with E-state index in [0.717, 1.165) is 30.9 Å². The number of methoxy groups -OCH3 is 1. The van der Waals surface area contributed by atoms with Crippen LogP contribution in [0.25, 0.3) is 0 Å². The number of rotatable bonds is 10. The maximum Gasteiger partial charge on any atom is 0.0589 e. The smallest absolute Gasteiger partial charge is 0.0589 e. The first-order valence-electron chi connectivity index (χ1n) is 6.63. The van der Waals surface area contributed by atoms with Crippen LogP contribution in [0.15, 0.2) is 0 Å². The SMILES string of the molecule is COCCN(CCCCCS)C(C)C1CC1. The van der Waals surface area contributed by atoms with Crippen molar-refractivity contribution in [2.75, 3.05) is 32.6 Å². The highest BCUT2D eigenvalue weighted by Crippen LogP contribution is 2.35. The lowest BCUT2D eigenvalue weighted by Crippen LogP contribution is -2.37. The van der Waals surface area contributed by atoms with E-state index in [4.69, 9.17) is 4.74 Å². The molecule has 96 valence electrons. The zero-order valence-corrected chi connectivity index (χ0v) is 11.7. The van der Waals surface area contributed by atoms with Gasteiger partial charge in [-0.05, 0) is 50.8 Å². The van der Waals surface area contributed by atoms with E-state index in [1.807, 2.05) is 0 Å². The number of hydrogen-bond acceptors (Lipinski definition) is 3. The van der Waals surface area contributed by atoms with E-state index in [0.29, 0.717) is 0 Å². The van der Waals surface area contributed by atoms with Crippen LogP contribution in [0, 0.1) is 5.92 Å². The predicted octanol–water partition coefficient (Wildman–Crippen LogP) is 2.83. The first-order valence-corrected chi connectivity index (χ1v) is 7.26. The van der Waals surface area contributed by atoms with Crippen LogP contribution in [0.1, 0.15) is 39.0 Å². The van der Waals surface area contributed by atoms with Crippen LogP contribution >= 0.6 is 12.6 Å². The van der Waals surface area contributed by atoms with Crippen LogP contribution in [-0.4, -0.2) is 43.5 Å². The molecule has 16 heavy (non-hydrogen) atoms. The molecule has 1 fully saturated rings. The van der Waals surface area contributed by atoms with Gasteiger partial charge in [0.1, 0.15) is 0 Å². The fourth-order valence-electron chi connectivity index (χ4n) is 2.21. The van der Waals surface area contributed by atoms with Gasteiger partial charge >= 0.3 is 0 Å². The summed E-state index contributed by atoms with van der Waals surface area (Å²) < 4.78 is 5.20. The van der Waals surface area contributed by atoms with E-state index in [-0.39, 0.29) is 0 Å². The maximum absolute atomic E-state index is 5.20. The van der Waals surface area contributed by atoms with Gasteiger partial charge in [0.25, 0.3) is 0 Å². The third-order valence-electron chi connectivity index (χ3n) is 3.57. The second-order valence-electron chi connectivity index (χ2n) is 4.89. The lowest BCUT2D eigenvalue weighted by Gasteiger charge is -2.29. The van der Waals surface area contributed by atoms with Crippen molar-refractivity contribution < 1.29 is 4.74 Å². The molecule has 1 aliphatic rings. The van der Waals surface area contributed by atoms with Crippen LogP contribution in [0.4, 0.5) is 0 Å². The normalized spacial score (nSPS) is 18.0. The highest BCUT2D eigenvalue weighted by Gasteiger charge is 2.31. The third-order valence-corrected chi connectivity index (χ3v) is 3.88. The Morgan fingerprint density at radius 1 is 1.25 bits per heavy atom. The van der Waals surface area contributed by atoms with Crippen molar-refractivity contribution in [3.05, 3.63) is 0 Å². The molecular formula is C13H27NOS. The summed E-state index contributed by atoms with van der Waals surface area (Å²) in [5.74, 6) is 1.98. The predicted molar refractivity (Wildman–Crippen MR) is 73.3 cm³/mol. The molecular weight excluding hydrogens is 218 g/mol. The second kappa shape index (κ2) is 8.37. The van der Waals surface area contributed by atoms with Crippen molar-refractivity contribution in [2.45, 2.75) is 45.1 Å². The monoisotopic (exact) mass is 245 g/mol. The molecule has 1 saturated carbocycles. The van der Waals surface area contributed by atoms with Crippen LogP contribution in [0.5, 0.6) is 0 Å². The van der Waals surface area contributed by atoms with Gasteiger partial charge in [0.15, 0.2) is 0 Å². The second-order valence-corrected chi connectivity index (χ2v) is 5.34. The van der Waals surface area contributed by atoms with E-state index in [2.05, 4.69) is 24.5 Å². The Labute approximate surface area is 106 Å². The molecule has 2 nitrogen and oxygen atoms in total. The minimum Gasteiger partial charge on any atom is -0.383 e. The number of nitrogens with zero attached hydrogens (tertiary/aromatic N) is 1. The minimum atomic E-state index is 0.756. The molecule has 0 amide bonds. The van der Waals surface area contributed by atoms with E-state index >= 15 is 0 Å². The number of hydrogen-bond donors (Lipinski definition) is 1. The summed E-state index contributed by atoms with van der Waals surface area (Å²) in [7, 11) is 1.79. The molecule has 0 bridgehead atoms. The van der Waals surface area contributed by atoms with E-state index in [1.165, 1.54) is 38.6 Å². The summed E-state index contributed by atoms with van der Waals surface area (Å²) in [6.45, 7) is 5.57. The summed E-state index contributed by atoms with van der Waals surface area (Å²) in [6, 6.07) is 0.756. The quantitative estimate of drug-likeness (QED) is 0.469. The molecule has 1 aliphatic carbocycles. The molecule has 0 radical (unpaired) electrons. The Morgan fingerprint density at radius 3 is 2.56 bits per heavy atom. The minimum absolute atomic E-state index is 0.756. The van der Waals surface area contributed by atoms with Crippen LogP contribution < -0.4 is 0 Å². The third kappa shape index (κ3) is 5.55. The van der Waals surface area contributed by atoms with E-state index in [9.17, 15) is 0 Å². The van der Waals surface area contributed by atoms with Gasteiger partial charge in [0.05, 0.1) is 6.61 Å². The molecule has 0 aromatic carbocycles. The fourth-order valence-corrected chi connectivity index (χ4v) is 2.43. The van der Waals surface area contributed by atoms with Gasteiger partial charge in [-0.25, -0.2) is 0 Å². The average Bonchev–Trinajstić information content (AvgIpc) is 3.11. The lowest BCUT2D eigenvalue weighted by atomic mass is 10.1.